The van der Waals surface area contributed by atoms with E-state index in [1.54, 1.807) is 62.4 Å². The van der Waals surface area contributed by atoms with Crippen molar-refractivity contribution in [2.45, 2.75) is 19.8 Å². The molecule has 0 aliphatic heterocycles. The van der Waals surface area contributed by atoms with Crippen LogP contribution in [0.2, 0.25) is 0 Å². The summed E-state index contributed by atoms with van der Waals surface area (Å²) < 4.78 is 22.0. The molecule has 0 radical (unpaired) electrons. The van der Waals surface area contributed by atoms with Gasteiger partial charge in [0.2, 0.25) is 0 Å². The van der Waals surface area contributed by atoms with Gasteiger partial charge in [0.15, 0.2) is 0 Å². The van der Waals surface area contributed by atoms with Gasteiger partial charge in [0.05, 0.1) is 13.2 Å². The van der Waals surface area contributed by atoms with E-state index < -0.39 is 11.9 Å². The first-order valence-corrected chi connectivity index (χ1v) is 7.49. The van der Waals surface area contributed by atoms with Crippen LogP contribution in [-0.2, 0) is 14.3 Å². The monoisotopic (exact) mass is 316 g/mol. The standard InChI is InChI=1S/C18H20O5/c1-3-20-18(21-4-2,23-16-13-9-6-10-14-16)17(19)22-15-11-7-5-8-12-15/h5-14H,3-4H2,1-2H3. The molecule has 122 valence electrons. The molecule has 2 aromatic carbocycles. The maximum absolute atomic E-state index is 12.6. The van der Waals surface area contributed by atoms with Crippen LogP contribution in [0.15, 0.2) is 60.7 Å². The summed E-state index contributed by atoms with van der Waals surface area (Å²) >= 11 is 0. The number of benzene rings is 2. The molecule has 2 rings (SSSR count). The van der Waals surface area contributed by atoms with Crippen LogP contribution < -0.4 is 9.47 Å². The van der Waals surface area contributed by atoms with Gasteiger partial charge in [-0.3, -0.25) is 0 Å². The van der Waals surface area contributed by atoms with Gasteiger partial charge in [0.1, 0.15) is 11.5 Å². The fourth-order valence-electron chi connectivity index (χ4n) is 1.94. The van der Waals surface area contributed by atoms with Gasteiger partial charge in [0.25, 0.3) is 0 Å². The first kappa shape index (κ1) is 17.0. The number of ether oxygens (including phenoxy) is 4. The molecule has 0 bridgehead atoms. The van der Waals surface area contributed by atoms with Gasteiger partial charge >= 0.3 is 11.9 Å². The van der Waals surface area contributed by atoms with E-state index in [-0.39, 0.29) is 13.2 Å². The van der Waals surface area contributed by atoms with Crippen molar-refractivity contribution in [3.8, 4) is 11.5 Å². The van der Waals surface area contributed by atoms with Gasteiger partial charge in [-0.1, -0.05) is 36.4 Å². The quantitative estimate of drug-likeness (QED) is 0.424. The number of esters is 1. The van der Waals surface area contributed by atoms with Gasteiger partial charge < -0.3 is 18.9 Å². The Bertz CT molecular complexity index is 591. The number of rotatable bonds is 8. The molecule has 0 saturated carbocycles. The molecule has 0 saturated heterocycles. The first-order valence-electron chi connectivity index (χ1n) is 7.49. The first-order chi connectivity index (χ1) is 11.2. The lowest BCUT2D eigenvalue weighted by Gasteiger charge is -2.30. The van der Waals surface area contributed by atoms with Crippen molar-refractivity contribution in [2.24, 2.45) is 0 Å². The number of carbonyl (C=O) groups is 1. The van der Waals surface area contributed by atoms with Gasteiger partial charge in [0, 0.05) is 0 Å². The summed E-state index contributed by atoms with van der Waals surface area (Å²) in [6.07, 6.45) is 0. The molecular weight excluding hydrogens is 296 g/mol. The van der Waals surface area contributed by atoms with Crippen molar-refractivity contribution < 1.29 is 23.7 Å². The average molecular weight is 316 g/mol. The van der Waals surface area contributed by atoms with Crippen molar-refractivity contribution in [3.05, 3.63) is 60.7 Å². The van der Waals surface area contributed by atoms with Crippen molar-refractivity contribution in [1.82, 2.24) is 0 Å². The zero-order chi connectivity index (χ0) is 16.5. The van der Waals surface area contributed by atoms with E-state index in [9.17, 15) is 4.79 Å². The molecule has 23 heavy (non-hydrogen) atoms. The third kappa shape index (κ3) is 4.55. The summed E-state index contributed by atoms with van der Waals surface area (Å²) in [5.74, 6) is -1.88. The van der Waals surface area contributed by atoms with Crippen LogP contribution in [0, 0.1) is 0 Å². The molecule has 0 aliphatic rings. The molecule has 0 unspecified atom stereocenters. The van der Waals surface area contributed by atoms with Crippen LogP contribution in [0.3, 0.4) is 0 Å². The van der Waals surface area contributed by atoms with E-state index in [4.69, 9.17) is 18.9 Å². The highest BCUT2D eigenvalue weighted by Crippen LogP contribution is 2.24. The van der Waals surface area contributed by atoms with E-state index in [2.05, 4.69) is 0 Å². The minimum Gasteiger partial charge on any atom is -0.431 e. The van der Waals surface area contributed by atoms with Crippen molar-refractivity contribution >= 4 is 5.97 Å². The smallest absolute Gasteiger partial charge is 0.431 e. The van der Waals surface area contributed by atoms with Crippen LogP contribution >= 0.6 is 0 Å². The fraction of sp³-hybridized carbons (Fsp3) is 0.278. The minimum absolute atomic E-state index is 0.219. The number of hydrogen-bond donors (Lipinski definition) is 0. The highest BCUT2D eigenvalue weighted by atomic mass is 16.9. The zero-order valence-electron chi connectivity index (χ0n) is 13.2. The molecular formula is C18H20O5. The molecule has 5 heteroatoms. The Morgan fingerprint density at radius 2 is 1.30 bits per heavy atom. The predicted molar refractivity (Wildman–Crippen MR) is 85.1 cm³/mol. The fourth-order valence-corrected chi connectivity index (χ4v) is 1.94. The summed E-state index contributed by atoms with van der Waals surface area (Å²) in [7, 11) is 0. The second-order valence-corrected chi connectivity index (χ2v) is 4.54. The average Bonchev–Trinajstić information content (AvgIpc) is 2.57. The van der Waals surface area contributed by atoms with Crippen LogP contribution in [0.5, 0.6) is 11.5 Å². The highest BCUT2D eigenvalue weighted by molar-refractivity contribution is 5.79. The molecule has 0 heterocycles. The molecule has 0 N–H and O–H groups in total. The van der Waals surface area contributed by atoms with Crippen molar-refractivity contribution in [2.75, 3.05) is 13.2 Å². The maximum Gasteiger partial charge on any atom is 0.432 e. The number of hydrogen-bond acceptors (Lipinski definition) is 5. The van der Waals surface area contributed by atoms with Crippen LogP contribution in [0.4, 0.5) is 0 Å². The Morgan fingerprint density at radius 3 is 1.78 bits per heavy atom. The molecule has 0 aromatic heterocycles. The Morgan fingerprint density at radius 1 is 0.826 bits per heavy atom. The molecule has 0 spiro atoms. The van der Waals surface area contributed by atoms with Crippen molar-refractivity contribution in [3.63, 3.8) is 0 Å². The van der Waals surface area contributed by atoms with Crippen molar-refractivity contribution in [1.29, 1.82) is 0 Å². The summed E-state index contributed by atoms with van der Waals surface area (Å²) in [4.78, 5) is 12.6. The van der Waals surface area contributed by atoms with E-state index in [0.29, 0.717) is 11.5 Å². The molecule has 0 amide bonds. The molecule has 2 aromatic rings. The molecule has 5 nitrogen and oxygen atoms in total. The minimum atomic E-state index is -1.94. The molecule has 0 atom stereocenters. The topological polar surface area (TPSA) is 54.0 Å². The second-order valence-electron chi connectivity index (χ2n) is 4.54. The third-order valence-electron chi connectivity index (χ3n) is 2.87. The summed E-state index contributed by atoms with van der Waals surface area (Å²) in [5.41, 5.74) is 0. The lowest BCUT2D eigenvalue weighted by atomic mass is 10.3. The normalized spacial score (nSPS) is 11.0. The lowest BCUT2D eigenvalue weighted by Crippen LogP contribution is -2.52. The Labute approximate surface area is 135 Å². The third-order valence-corrected chi connectivity index (χ3v) is 2.87. The Hall–Kier alpha value is -2.37. The highest BCUT2D eigenvalue weighted by Gasteiger charge is 2.46. The van der Waals surface area contributed by atoms with E-state index in [1.807, 2.05) is 12.1 Å². The SMILES string of the molecule is CCOC(OCC)(Oc1ccccc1)C(=O)Oc1ccccc1. The maximum atomic E-state index is 12.6. The number of carbonyl (C=O) groups excluding carboxylic acids is 1. The summed E-state index contributed by atoms with van der Waals surface area (Å²) in [6, 6.07) is 17.6. The molecule has 0 fully saturated rings. The Balaban J connectivity index is 2.25. The zero-order valence-corrected chi connectivity index (χ0v) is 13.2. The largest absolute Gasteiger partial charge is 0.432 e. The van der Waals surface area contributed by atoms with Crippen LogP contribution in [-0.4, -0.2) is 25.2 Å². The van der Waals surface area contributed by atoms with E-state index >= 15 is 0 Å². The summed E-state index contributed by atoms with van der Waals surface area (Å²) in [6.45, 7) is 3.93. The van der Waals surface area contributed by atoms with Gasteiger partial charge in [-0.05, 0) is 38.1 Å². The molecule has 0 aliphatic carbocycles. The van der Waals surface area contributed by atoms with Crippen LogP contribution in [0.25, 0.3) is 0 Å². The van der Waals surface area contributed by atoms with Crippen LogP contribution in [0.1, 0.15) is 13.8 Å². The lowest BCUT2D eigenvalue weighted by molar-refractivity contribution is -0.324. The van der Waals surface area contributed by atoms with Gasteiger partial charge in [-0.15, -0.1) is 0 Å². The predicted octanol–water partition coefficient (Wildman–Crippen LogP) is 3.40. The van der Waals surface area contributed by atoms with Gasteiger partial charge in [-0.25, -0.2) is 4.79 Å². The second kappa shape index (κ2) is 8.31. The number of para-hydroxylation sites is 2. The summed E-state index contributed by atoms with van der Waals surface area (Å²) in [5, 5.41) is 0. The van der Waals surface area contributed by atoms with E-state index in [1.165, 1.54) is 0 Å². The van der Waals surface area contributed by atoms with Gasteiger partial charge in [-0.2, -0.15) is 0 Å². The Kier molecular flexibility index (Phi) is 6.14. The van der Waals surface area contributed by atoms with E-state index in [0.717, 1.165) is 0 Å².